The van der Waals surface area contributed by atoms with Gasteiger partial charge in [0.1, 0.15) is 0 Å². The molecule has 0 bridgehead atoms. The first-order valence-corrected chi connectivity index (χ1v) is 4.82. The van der Waals surface area contributed by atoms with Crippen molar-refractivity contribution in [3.63, 3.8) is 0 Å². The summed E-state index contributed by atoms with van der Waals surface area (Å²) in [5, 5.41) is 10.9. The van der Waals surface area contributed by atoms with Gasteiger partial charge in [-0.25, -0.2) is 4.79 Å². The molecule has 0 unspecified atom stereocenters. The Bertz CT molecular complexity index is 211. The van der Waals surface area contributed by atoms with Crippen LogP contribution in [0.3, 0.4) is 0 Å². The minimum Gasteiger partial charge on any atom is -0.465 e. The fraction of sp³-hybridized carbons (Fsp3) is 0.714. The minimum absolute atomic E-state index is 0.352. The van der Waals surface area contributed by atoms with Crippen LogP contribution in [0.1, 0.15) is 6.42 Å². The van der Waals surface area contributed by atoms with Gasteiger partial charge in [-0.1, -0.05) is 23.2 Å². The van der Waals surface area contributed by atoms with Gasteiger partial charge >= 0.3 is 6.09 Å². The summed E-state index contributed by atoms with van der Waals surface area (Å²) in [5.74, 6) is -0.466. The van der Waals surface area contributed by atoms with E-state index >= 15 is 0 Å². The van der Waals surface area contributed by atoms with Crippen LogP contribution in [0.2, 0.25) is 0 Å². The molecule has 0 rings (SSSR count). The minimum atomic E-state index is -1.08. The molecule has 0 aromatic carbocycles. The number of amides is 2. The van der Waals surface area contributed by atoms with Crippen LogP contribution in [0.15, 0.2) is 0 Å². The molecule has 14 heavy (non-hydrogen) atoms. The van der Waals surface area contributed by atoms with E-state index in [-0.39, 0.29) is 0 Å². The zero-order chi connectivity index (χ0) is 11.1. The molecule has 0 saturated carbocycles. The second-order valence-electron chi connectivity index (χ2n) is 2.65. The molecule has 0 aliphatic heterocycles. The molecule has 0 fully saturated rings. The van der Waals surface area contributed by atoms with E-state index in [1.807, 2.05) is 0 Å². The number of rotatable bonds is 5. The highest BCUT2D eigenvalue weighted by atomic mass is 35.5. The van der Waals surface area contributed by atoms with E-state index in [0.29, 0.717) is 19.5 Å². The van der Waals surface area contributed by atoms with Crippen molar-refractivity contribution in [3.8, 4) is 0 Å². The lowest BCUT2D eigenvalue weighted by Gasteiger charge is -2.12. The molecule has 2 amide bonds. The van der Waals surface area contributed by atoms with Crippen LogP contribution in [-0.2, 0) is 4.79 Å². The van der Waals surface area contributed by atoms with Gasteiger partial charge in [0, 0.05) is 20.1 Å². The first-order valence-electron chi connectivity index (χ1n) is 3.95. The molecular formula is C7H12Cl2N2O3. The lowest BCUT2D eigenvalue weighted by Crippen LogP contribution is -2.32. The van der Waals surface area contributed by atoms with Gasteiger partial charge in [-0.15, -0.1) is 0 Å². The zero-order valence-electron chi connectivity index (χ0n) is 7.67. The Balaban J connectivity index is 3.47. The largest absolute Gasteiger partial charge is 0.465 e. The molecule has 0 radical (unpaired) electrons. The molecule has 82 valence electrons. The molecular weight excluding hydrogens is 231 g/mol. The van der Waals surface area contributed by atoms with Crippen molar-refractivity contribution in [1.29, 1.82) is 0 Å². The summed E-state index contributed by atoms with van der Waals surface area (Å²) in [4.78, 5) is 21.2. The lowest BCUT2D eigenvalue weighted by atomic mass is 10.4. The first-order chi connectivity index (χ1) is 6.45. The molecule has 0 saturated heterocycles. The molecule has 0 aliphatic carbocycles. The molecule has 0 heterocycles. The van der Waals surface area contributed by atoms with E-state index in [1.54, 1.807) is 0 Å². The highest BCUT2D eigenvalue weighted by Gasteiger charge is 2.10. The molecule has 0 aliphatic rings. The molecule has 2 N–H and O–H groups in total. The van der Waals surface area contributed by atoms with Crippen LogP contribution in [0.25, 0.3) is 0 Å². The third kappa shape index (κ3) is 5.88. The summed E-state index contributed by atoms with van der Waals surface area (Å²) in [6.45, 7) is 0.706. The Hall–Kier alpha value is -0.680. The topological polar surface area (TPSA) is 69.6 Å². The highest BCUT2D eigenvalue weighted by molar-refractivity contribution is 6.53. The van der Waals surface area contributed by atoms with Gasteiger partial charge in [-0.05, 0) is 6.42 Å². The normalized spacial score (nSPS) is 10.0. The van der Waals surface area contributed by atoms with Crippen LogP contribution in [0.5, 0.6) is 0 Å². The number of hydrogen-bond donors (Lipinski definition) is 2. The molecule has 7 heteroatoms. The maximum absolute atomic E-state index is 10.8. The highest BCUT2D eigenvalue weighted by Crippen LogP contribution is 2.00. The average Bonchev–Trinajstić information content (AvgIpc) is 2.11. The average molecular weight is 243 g/mol. The fourth-order valence-corrected chi connectivity index (χ4v) is 0.855. The number of alkyl halides is 2. The summed E-state index contributed by atoms with van der Waals surface area (Å²) in [6, 6.07) is 0. The molecule has 0 aromatic rings. The number of nitrogens with zero attached hydrogens (tertiary/aromatic N) is 1. The van der Waals surface area contributed by atoms with Gasteiger partial charge in [0.05, 0.1) is 0 Å². The monoisotopic (exact) mass is 242 g/mol. The van der Waals surface area contributed by atoms with Crippen molar-refractivity contribution in [3.05, 3.63) is 0 Å². The van der Waals surface area contributed by atoms with Crippen molar-refractivity contribution in [2.75, 3.05) is 20.1 Å². The molecule has 5 nitrogen and oxygen atoms in total. The fourth-order valence-electron chi connectivity index (χ4n) is 0.701. The van der Waals surface area contributed by atoms with Gasteiger partial charge in [0.25, 0.3) is 5.91 Å². The van der Waals surface area contributed by atoms with Gasteiger partial charge in [0.2, 0.25) is 0 Å². The SMILES string of the molecule is CN(CCCNC(=O)C(Cl)Cl)C(=O)O. The van der Waals surface area contributed by atoms with Crippen LogP contribution in [0.4, 0.5) is 4.79 Å². The third-order valence-corrected chi connectivity index (χ3v) is 1.89. The predicted molar refractivity (Wildman–Crippen MR) is 53.8 cm³/mol. The molecule has 0 spiro atoms. The van der Waals surface area contributed by atoms with Crippen molar-refractivity contribution >= 4 is 35.2 Å². The predicted octanol–water partition coefficient (Wildman–Crippen LogP) is 0.906. The number of hydrogen-bond acceptors (Lipinski definition) is 2. The maximum atomic E-state index is 10.8. The van der Waals surface area contributed by atoms with E-state index in [4.69, 9.17) is 28.3 Å². The summed E-state index contributed by atoms with van der Waals surface area (Å²) in [6.07, 6.45) is -0.474. The van der Waals surface area contributed by atoms with Crippen molar-refractivity contribution in [1.82, 2.24) is 10.2 Å². The van der Waals surface area contributed by atoms with E-state index in [1.165, 1.54) is 7.05 Å². The number of nitrogens with one attached hydrogen (secondary N) is 1. The van der Waals surface area contributed by atoms with Crippen molar-refractivity contribution in [2.45, 2.75) is 11.3 Å². The zero-order valence-corrected chi connectivity index (χ0v) is 9.18. The summed E-state index contributed by atoms with van der Waals surface area (Å²) < 4.78 is 0. The van der Waals surface area contributed by atoms with Crippen molar-refractivity contribution in [2.24, 2.45) is 0 Å². The van der Waals surface area contributed by atoms with Crippen molar-refractivity contribution < 1.29 is 14.7 Å². The lowest BCUT2D eigenvalue weighted by molar-refractivity contribution is -0.119. The van der Waals surface area contributed by atoms with Gasteiger partial charge < -0.3 is 15.3 Å². The number of carbonyl (C=O) groups is 2. The number of carbonyl (C=O) groups excluding carboxylic acids is 1. The molecule has 0 atom stereocenters. The number of halogens is 2. The maximum Gasteiger partial charge on any atom is 0.407 e. The van der Waals surface area contributed by atoms with E-state index in [2.05, 4.69) is 5.32 Å². The van der Waals surface area contributed by atoms with Crippen LogP contribution in [-0.4, -0.2) is 47.0 Å². The van der Waals surface area contributed by atoms with Crippen LogP contribution < -0.4 is 5.32 Å². The Morgan fingerprint density at radius 1 is 1.50 bits per heavy atom. The van der Waals surface area contributed by atoms with Crippen LogP contribution >= 0.6 is 23.2 Å². The summed E-state index contributed by atoms with van der Waals surface area (Å²) in [7, 11) is 1.45. The smallest absolute Gasteiger partial charge is 0.407 e. The third-order valence-electron chi connectivity index (χ3n) is 1.49. The van der Waals surface area contributed by atoms with E-state index in [0.717, 1.165) is 4.90 Å². The standard InChI is InChI=1S/C7H12Cl2N2O3/c1-11(7(13)14)4-2-3-10-6(12)5(8)9/h5H,2-4H2,1H3,(H,10,12)(H,13,14). The van der Waals surface area contributed by atoms with Crippen LogP contribution in [0, 0.1) is 0 Å². The Morgan fingerprint density at radius 2 is 2.07 bits per heavy atom. The first kappa shape index (κ1) is 13.3. The summed E-state index contributed by atoms with van der Waals surface area (Å²) >= 11 is 10.5. The second-order valence-corrected chi connectivity index (χ2v) is 3.75. The Labute approximate surface area is 92.0 Å². The second kappa shape index (κ2) is 6.73. The Morgan fingerprint density at radius 3 is 2.50 bits per heavy atom. The Kier molecular flexibility index (Phi) is 6.40. The number of carboxylic acid groups (broad SMARTS) is 1. The summed E-state index contributed by atoms with van der Waals surface area (Å²) in [5.41, 5.74) is 0. The van der Waals surface area contributed by atoms with E-state index < -0.39 is 16.8 Å². The molecule has 0 aromatic heterocycles. The quantitative estimate of drug-likeness (QED) is 0.556. The van der Waals surface area contributed by atoms with Gasteiger partial charge in [-0.3, -0.25) is 4.79 Å². The van der Waals surface area contributed by atoms with Gasteiger partial charge in [0.15, 0.2) is 4.84 Å². The van der Waals surface area contributed by atoms with Gasteiger partial charge in [-0.2, -0.15) is 0 Å². The van der Waals surface area contributed by atoms with E-state index in [9.17, 15) is 9.59 Å².